The van der Waals surface area contributed by atoms with E-state index >= 15 is 0 Å². The van der Waals surface area contributed by atoms with Crippen LogP contribution in [0, 0.1) is 0 Å². The minimum Gasteiger partial charge on any atom is -0.354 e. The molecule has 33 heavy (non-hydrogen) atoms. The Morgan fingerprint density at radius 3 is 2.61 bits per heavy atom. The maximum absolute atomic E-state index is 12.6. The van der Waals surface area contributed by atoms with E-state index in [1.165, 1.54) is 16.9 Å². The summed E-state index contributed by atoms with van der Waals surface area (Å²) in [5.74, 6) is 0.453. The molecule has 5 nitrogen and oxygen atoms in total. The number of carbonyl (C=O) groups excluding carboxylic acids is 1. The molecular weight excluding hydrogens is 475 g/mol. The van der Waals surface area contributed by atoms with Gasteiger partial charge in [0.15, 0.2) is 0 Å². The van der Waals surface area contributed by atoms with Gasteiger partial charge in [-0.25, -0.2) is 9.97 Å². The van der Waals surface area contributed by atoms with Crippen LogP contribution in [-0.4, -0.2) is 29.0 Å². The predicted molar refractivity (Wildman–Crippen MR) is 136 cm³/mol. The summed E-state index contributed by atoms with van der Waals surface area (Å²) < 4.78 is 0. The Bertz CT molecular complexity index is 1230. The molecule has 0 atom stereocenters. The molecule has 0 fully saturated rings. The van der Waals surface area contributed by atoms with E-state index in [9.17, 15) is 4.79 Å². The summed E-state index contributed by atoms with van der Waals surface area (Å²) in [5.41, 5.74) is 2.99. The molecule has 0 aliphatic rings. The standard InChI is InChI=1S/C25H22Cl2N4OS/c26-19-7-6-18(20(27)16-19)11-14-28-24(32)23-9-8-22(33-23)21-12-15-30-25(31-21)29-13-10-17-4-2-1-3-5-17/h1-9,12,15-16H,10-11,13-14H2,(H,28,32)(H,29,30,31). The van der Waals surface area contributed by atoms with Crippen LogP contribution in [0.15, 0.2) is 72.9 Å². The maximum Gasteiger partial charge on any atom is 0.261 e. The normalized spacial score (nSPS) is 10.7. The molecule has 1 amide bonds. The summed E-state index contributed by atoms with van der Waals surface area (Å²) in [6.45, 7) is 1.22. The number of halogens is 2. The lowest BCUT2D eigenvalue weighted by Crippen LogP contribution is -2.24. The number of anilines is 1. The first-order chi connectivity index (χ1) is 16.1. The third-order valence-corrected chi connectivity index (χ3v) is 6.67. The zero-order chi connectivity index (χ0) is 23.0. The number of benzene rings is 2. The van der Waals surface area contributed by atoms with E-state index in [2.05, 4.69) is 32.7 Å². The summed E-state index contributed by atoms with van der Waals surface area (Å²) in [6.07, 6.45) is 3.24. The van der Waals surface area contributed by atoms with Crippen LogP contribution in [0.2, 0.25) is 10.0 Å². The Morgan fingerprint density at radius 1 is 0.939 bits per heavy atom. The smallest absolute Gasteiger partial charge is 0.261 e. The molecule has 0 aliphatic carbocycles. The Kier molecular flexibility index (Phi) is 7.94. The van der Waals surface area contributed by atoms with Crippen LogP contribution in [0.3, 0.4) is 0 Å². The highest BCUT2D eigenvalue weighted by atomic mass is 35.5. The Morgan fingerprint density at radius 2 is 1.79 bits per heavy atom. The first-order valence-electron chi connectivity index (χ1n) is 10.5. The van der Waals surface area contributed by atoms with Gasteiger partial charge in [0.05, 0.1) is 15.4 Å². The molecule has 0 spiro atoms. The summed E-state index contributed by atoms with van der Waals surface area (Å²) in [4.78, 5) is 23.0. The van der Waals surface area contributed by atoms with Crippen molar-refractivity contribution in [2.75, 3.05) is 18.4 Å². The minimum absolute atomic E-state index is 0.119. The molecule has 2 aromatic carbocycles. The third kappa shape index (κ3) is 6.54. The fourth-order valence-electron chi connectivity index (χ4n) is 3.26. The van der Waals surface area contributed by atoms with Gasteiger partial charge in [-0.3, -0.25) is 4.79 Å². The Balaban J connectivity index is 1.31. The van der Waals surface area contributed by atoms with Crippen LogP contribution >= 0.6 is 34.5 Å². The van der Waals surface area contributed by atoms with Gasteiger partial charge in [0.1, 0.15) is 0 Å². The Labute approximate surface area is 206 Å². The number of nitrogens with zero attached hydrogens (tertiary/aromatic N) is 2. The molecule has 4 rings (SSSR count). The van der Waals surface area contributed by atoms with E-state index in [0.29, 0.717) is 33.8 Å². The molecule has 0 radical (unpaired) electrons. The second-order valence-corrected chi connectivity index (χ2v) is 9.26. The van der Waals surface area contributed by atoms with Gasteiger partial charge < -0.3 is 10.6 Å². The van der Waals surface area contributed by atoms with Crippen LogP contribution in [-0.2, 0) is 12.8 Å². The van der Waals surface area contributed by atoms with Crippen molar-refractivity contribution in [3.8, 4) is 10.6 Å². The van der Waals surface area contributed by atoms with E-state index in [1.54, 1.807) is 18.3 Å². The van der Waals surface area contributed by atoms with Crippen molar-refractivity contribution in [3.63, 3.8) is 0 Å². The largest absolute Gasteiger partial charge is 0.354 e. The van der Waals surface area contributed by atoms with E-state index in [0.717, 1.165) is 29.1 Å². The molecule has 0 aliphatic heterocycles. The summed E-state index contributed by atoms with van der Waals surface area (Å²) >= 11 is 13.5. The first-order valence-corrected chi connectivity index (χ1v) is 12.1. The second-order valence-electron chi connectivity index (χ2n) is 7.33. The number of carbonyl (C=O) groups is 1. The van der Waals surface area contributed by atoms with Crippen molar-refractivity contribution in [3.05, 3.63) is 99.0 Å². The third-order valence-electron chi connectivity index (χ3n) is 4.97. The van der Waals surface area contributed by atoms with Crippen LogP contribution < -0.4 is 10.6 Å². The van der Waals surface area contributed by atoms with Gasteiger partial charge in [0.2, 0.25) is 5.95 Å². The molecule has 0 saturated carbocycles. The Hall–Kier alpha value is -2.93. The quantitative estimate of drug-likeness (QED) is 0.292. The fourth-order valence-corrected chi connectivity index (χ4v) is 4.66. The molecule has 2 aromatic heterocycles. The highest BCUT2D eigenvalue weighted by molar-refractivity contribution is 7.17. The molecule has 0 saturated heterocycles. The SMILES string of the molecule is O=C(NCCc1ccc(Cl)cc1Cl)c1ccc(-c2ccnc(NCCc3ccccc3)n2)s1. The average Bonchev–Trinajstić information content (AvgIpc) is 3.32. The number of thiophene rings is 1. The number of rotatable bonds is 9. The van der Waals surface area contributed by atoms with Gasteiger partial charge in [0.25, 0.3) is 5.91 Å². The topological polar surface area (TPSA) is 66.9 Å². The predicted octanol–water partition coefficient (Wildman–Crippen LogP) is 6.14. The van der Waals surface area contributed by atoms with Gasteiger partial charge in [-0.1, -0.05) is 59.6 Å². The maximum atomic E-state index is 12.6. The lowest BCUT2D eigenvalue weighted by atomic mass is 10.1. The summed E-state index contributed by atoms with van der Waals surface area (Å²) in [7, 11) is 0. The highest BCUT2D eigenvalue weighted by Crippen LogP contribution is 2.27. The van der Waals surface area contributed by atoms with Crippen molar-refractivity contribution >= 4 is 46.4 Å². The van der Waals surface area contributed by atoms with E-state index < -0.39 is 0 Å². The molecule has 168 valence electrons. The number of aromatic nitrogens is 2. The summed E-state index contributed by atoms with van der Waals surface area (Å²) in [6, 6.07) is 21.2. The minimum atomic E-state index is -0.119. The van der Waals surface area contributed by atoms with Crippen molar-refractivity contribution in [1.82, 2.24) is 15.3 Å². The van der Waals surface area contributed by atoms with Crippen molar-refractivity contribution in [1.29, 1.82) is 0 Å². The van der Waals surface area contributed by atoms with Gasteiger partial charge in [-0.2, -0.15) is 0 Å². The second kappa shape index (κ2) is 11.3. The average molecular weight is 497 g/mol. The van der Waals surface area contributed by atoms with Crippen LogP contribution in [0.25, 0.3) is 10.6 Å². The number of nitrogens with one attached hydrogen (secondary N) is 2. The molecule has 0 unspecified atom stereocenters. The zero-order valence-corrected chi connectivity index (χ0v) is 20.1. The molecule has 2 heterocycles. The van der Waals surface area contributed by atoms with Crippen molar-refractivity contribution in [2.45, 2.75) is 12.8 Å². The van der Waals surface area contributed by atoms with Gasteiger partial charge in [-0.05, 0) is 54.3 Å². The monoisotopic (exact) mass is 496 g/mol. The fraction of sp³-hybridized carbons (Fsp3) is 0.160. The first kappa shape index (κ1) is 23.2. The summed E-state index contributed by atoms with van der Waals surface area (Å²) in [5, 5.41) is 7.41. The highest BCUT2D eigenvalue weighted by Gasteiger charge is 2.12. The van der Waals surface area contributed by atoms with E-state index in [1.807, 2.05) is 42.5 Å². The van der Waals surface area contributed by atoms with Gasteiger partial charge in [0, 0.05) is 29.3 Å². The molecule has 4 aromatic rings. The van der Waals surface area contributed by atoms with Gasteiger partial charge >= 0.3 is 0 Å². The van der Waals surface area contributed by atoms with Gasteiger partial charge in [-0.15, -0.1) is 11.3 Å². The number of hydrogen-bond acceptors (Lipinski definition) is 5. The lowest BCUT2D eigenvalue weighted by molar-refractivity contribution is 0.0958. The lowest BCUT2D eigenvalue weighted by Gasteiger charge is -2.06. The van der Waals surface area contributed by atoms with E-state index in [4.69, 9.17) is 23.2 Å². The van der Waals surface area contributed by atoms with Crippen LogP contribution in [0.5, 0.6) is 0 Å². The molecular formula is C25H22Cl2N4OS. The molecule has 2 N–H and O–H groups in total. The molecule has 8 heteroatoms. The van der Waals surface area contributed by atoms with Crippen molar-refractivity contribution < 1.29 is 4.79 Å². The zero-order valence-electron chi connectivity index (χ0n) is 17.7. The molecule has 0 bridgehead atoms. The van der Waals surface area contributed by atoms with Crippen molar-refractivity contribution in [2.24, 2.45) is 0 Å². The van der Waals surface area contributed by atoms with Crippen LogP contribution in [0.4, 0.5) is 5.95 Å². The number of hydrogen-bond donors (Lipinski definition) is 2. The number of amides is 1. The van der Waals surface area contributed by atoms with E-state index in [-0.39, 0.29) is 5.91 Å². The van der Waals surface area contributed by atoms with Crippen LogP contribution in [0.1, 0.15) is 20.8 Å².